The largest absolute Gasteiger partial charge is 0.483 e. The number of amides is 4. The maximum atomic E-state index is 13.4. The summed E-state index contributed by atoms with van der Waals surface area (Å²) < 4.78 is 5.88. The number of carbonyl (C=O) groups is 3. The molecule has 1 heterocycles. The highest BCUT2D eigenvalue weighted by atomic mass is 16.5. The van der Waals surface area contributed by atoms with Gasteiger partial charge in [0.2, 0.25) is 5.91 Å². The molecule has 9 heteroatoms. The lowest BCUT2D eigenvalue weighted by molar-refractivity contribution is -0.127. The van der Waals surface area contributed by atoms with Gasteiger partial charge < -0.3 is 30.7 Å². The fourth-order valence-electron chi connectivity index (χ4n) is 5.59. The minimum absolute atomic E-state index is 0.190. The number of hydrogen-bond acceptors (Lipinski definition) is 5. The normalized spacial score (nSPS) is 15.8. The Balaban J connectivity index is 1.48. The number of benzene rings is 3. The van der Waals surface area contributed by atoms with Crippen molar-refractivity contribution < 1.29 is 24.2 Å². The Kier molecular flexibility index (Phi) is 11.8. The summed E-state index contributed by atoms with van der Waals surface area (Å²) >= 11 is 0. The van der Waals surface area contributed by atoms with E-state index in [9.17, 15) is 19.5 Å². The van der Waals surface area contributed by atoms with Crippen molar-refractivity contribution in [2.24, 2.45) is 0 Å². The lowest BCUT2D eigenvalue weighted by Crippen LogP contribution is -2.57. The Labute approximate surface area is 260 Å². The Bertz CT molecular complexity index is 1360. The number of rotatable bonds is 14. The molecule has 9 nitrogen and oxygen atoms in total. The van der Waals surface area contributed by atoms with Gasteiger partial charge in [-0.1, -0.05) is 78.9 Å². The number of urea groups is 1. The van der Waals surface area contributed by atoms with Gasteiger partial charge in [-0.3, -0.25) is 9.59 Å². The molecule has 0 spiro atoms. The minimum atomic E-state index is -0.984. The second-order valence-electron chi connectivity index (χ2n) is 11.5. The molecule has 4 N–H and O–H groups in total. The molecule has 0 aromatic heterocycles. The lowest BCUT2D eigenvalue weighted by Gasteiger charge is -2.34. The Morgan fingerprint density at radius 3 is 2.14 bits per heavy atom. The van der Waals surface area contributed by atoms with Crippen molar-refractivity contribution >= 4 is 17.8 Å². The zero-order valence-electron chi connectivity index (χ0n) is 25.8. The van der Waals surface area contributed by atoms with Gasteiger partial charge in [-0.25, -0.2) is 4.79 Å². The molecule has 0 radical (unpaired) electrons. The molecule has 1 unspecified atom stereocenters. The SMILES string of the molecule is Cc1cccc(C)c1OCC(=O)N[C@@H](Cc1ccccc1)[C@@H](O)C[C@H](Cc1ccccc1)NC(=O)C(C)N1CCCNC1=O. The number of carbonyl (C=O) groups excluding carboxylic acids is 3. The van der Waals surface area contributed by atoms with Gasteiger partial charge in [0.1, 0.15) is 11.8 Å². The van der Waals surface area contributed by atoms with E-state index in [1.165, 1.54) is 4.90 Å². The third-order valence-electron chi connectivity index (χ3n) is 8.02. The summed E-state index contributed by atoms with van der Waals surface area (Å²) in [6.45, 7) is 6.48. The van der Waals surface area contributed by atoms with Crippen LogP contribution in [0.25, 0.3) is 0 Å². The Morgan fingerprint density at radius 1 is 0.909 bits per heavy atom. The maximum absolute atomic E-state index is 13.4. The predicted octanol–water partition coefficient (Wildman–Crippen LogP) is 3.69. The van der Waals surface area contributed by atoms with Crippen molar-refractivity contribution in [2.45, 2.75) is 70.7 Å². The molecule has 1 aliphatic heterocycles. The number of aryl methyl sites for hydroxylation is 2. The summed E-state index contributed by atoms with van der Waals surface area (Å²) in [4.78, 5) is 40.4. The number of hydrogen-bond donors (Lipinski definition) is 4. The molecule has 44 heavy (non-hydrogen) atoms. The van der Waals surface area contributed by atoms with Gasteiger partial charge in [0.15, 0.2) is 6.61 Å². The van der Waals surface area contributed by atoms with E-state index in [-0.39, 0.29) is 30.9 Å². The van der Waals surface area contributed by atoms with Gasteiger partial charge in [-0.15, -0.1) is 0 Å². The summed E-state index contributed by atoms with van der Waals surface area (Å²) in [5.41, 5.74) is 3.84. The smallest absolute Gasteiger partial charge is 0.318 e. The zero-order valence-corrected chi connectivity index (χ0v) is 25.8. The van der Waals surface area contributed by atoms with Gasteiger partial charge >= 0.3 is 6.03 Å². The van der Waals surface area contributed by atoms with Crippen LogP contribution in [-0.4, -0.2) is 71.8 Å². The average molecular weight is 601 g/mol. The predicted molar refractivity (Wildman–Crippen MR) is 170 cm³/mol. The van der Waals surface area contributed by atoms with Crippen molar-refractivity contribution in [3.63, 3.8) is 0 Å². The van der Waals surface area contributed by atoms with Crippen LogP contribution in [0.15, 0.2) is 78.9 Å². The second-order valence-corrected chi connectivity index (χ2v) is 11.5. The quantitative estimate of drug-likeness (QED) is 0.225. The maximum Gasteiger partial charge on any atom is 0.318 e. The summed E-state index contributed by atoms with van der Waals surface area (Å²) in [7, 11) is 0. The van der Waals surface area contributed by atoms with Gasteiger partial charge in [0.25, 0.3) is 5.91 Å². The molecule has 1 aliphatic rings. The number of para-hydroxylation sites is 1. The molecule has 1 saturated heterocycles. The highest BCUT2D eigenvalue weighted by molar-refractivity contribution is 5.87. The van der Waals surface area contributed by atoms with Crippen molar-refractivity contribution in [2.75, 3.05) is 19.7 Å². The summed E-state index contributed by atoms with van der Waals surface area (Å²) in [6.07, 6.45) is 0.845. The molecule has 4 atom stereocenters. The molecule has 4 amide bonds. The molecule has 0 aliphatic carbocycles. The van der Waals surface area contributed by atoms with Gasteiger partial charge in [0.05, 0.1) is 12.1 Å². The number of nitrogens with zero attached hydrogens (tertiary/aromatic N) is 1. The molecule has 0 bridgehead atoms. The first-order chi connectivity index (χ1) is 21.2. The zero-order chi connectivity index (χ0) is 31.5. The highest BCUT2D eigenvalue weighted by Crippen LogP contribution is 2.22. The second kappa shape index (κ2) is 15.9. The van der Waals surface area contributed by atoms with Crippen LogP contribution in [0, 0.1) is 13.8 Å². The average Bonchev–Trinajstić information content (AvgIpc) is 3.01. The fraction of sp³-hybridized carbons (Fsp3) is 0.400. The van der Waals surface area contributed by atoms with Crippen LogP contribution in [0.3, 0.4) is 0 Å². The number of nitrogens with one attached hydrogen (secondary N) is 3. The van der Waals surface area contributed by atoms with Gasteiger partial charge in [0, 0.05) is 19.1 Å². The molecule has 1 fully saturated rings. The standard InChI is InChI=1S/C35H44N4O5/c1-24-12-10-13-25(2)33(24)44-23-32(41)38-30(21-28-16-8-5-9-17-28)31(40)22-29(20-27-14-6-4-7-15-27)37-34(42)26(3)39-19-11-18-36-35(39)43/h4-10,12-17,26,29-31,40H,11,18-23H2,1-3H3,(H,36,43)(H,37,42)(H,38,41)/t26?,29-,30-,31-/m0/s1. The lowest BCUT2D eigenvalue weighted by atomic mass is 9.93. The van der Waals surface area contributed by atoms with Crippen LogP contribution in [-0.2, 0) is 22.4 Å². The van der Waals surface area contributed by atoms with E-state index in [4.69, 9.17) is 4.74 Å². The topological polar surface area (TPSA) is 120 Å². The minimum Gasteiger partial charge on any atom is -0.483 e. The van der Waals surface area contributed by atoms with Crippen LogP contribution in [0.1, 0.15) is 42.0 Å². The Hall–Kier alpha value is -4.37. The number of aliphatic hydroxyl groups is 1. The number of aliphatic hydroxyl groups excluding tert-OH is 1. The molecular weight excluding hydrogens is 556 g/mol. The van der Waals surface area contributed by atoms with Crippen LogP contribution < -0.4 is 20.7 Å². The van der Waals surface area contributed by atoms with Crippen molar-refractivity contribution in [3.05, 3.63) is 101 Å². The van der Waals surface area contributed by atoms with Crippen molar-refractivity contribution in [3.8, 4) is 5.75 Å². The molecule has 0 saturated carbocycles. The first-order valence-electron chi connectivity index (χ1n) is 15.3. The van der Waals surface area contributed by atoms with Crippen LogP contribution in [0.5, 0.6) is 5.75 Å². The van der Waals surface area contributed by atoms with Crippen LogP contribution >= 0.6 is 0 Å². The van der Waals surface area contributed by atoms with Gasteiger partial charge in [-0.05, 0) is 68.7 Å². The molecule has 3 aromatic carbocycles. The molecule has 4 rings (SSSR count). The van der Waals surface area contributed by atoms with E-state index >= 15 is 0 Å². The fourth-order valence-corrected chi connectivity index (χ4v) is 5.59. The monoisotopic (exact) mass is 600 g/mol. The van der Waals surface area contributed by atoms with E-state index in [2.05, 4.69) is 16.0 Å². The third-order valence-corrected chi connectivity index (χ3v) is 8.02. The third kappa shape index (κ3) is 9.31. The first-order valence-corrected chi connectivity index (χ1v) is 15.3. The van der Waals surface area contributed by atoms with Gasteiger partial charge in [-0.2, -0.15) is 0 Å². The van der Waals surface area contributed by atoms with Crippen LogP contribution in [0.4, 0.5) is 4.79 Å². The van der Waals surface area contributed by atoms with E-state index < -0.39 is 24.2 Å². The molecule has 234 valence electrons. The highest BCUT2D eigenvalue weighted by Gasteiger charge is 2.31. The van der Waals surface area contributed by atoms with E-state index in [0.717, 1.165) is 28.7 Å². The van der Waals surface area contributed by atoms with E-state index in [0.29, 0.717) is 31.7 Å². The number of ether oxygens (including phenoxy) is 1. The summed E-state index contributed by atoms with van der Waals surface area (Å²) in [5, 5.41) is 20.5. The van der Waals surface area contributed by atoms with Crippen molar-refractivity contribution in [1.29, 1.82) is 0 Å². The van der Waals surface area contributed by atoms with Crippen molar-refractivity contribution in [1.82, 2.24) is 20.9 Å². The summed E-state index contributed by atoms with van der Waals surface area (Å²) in [6, 6.07) is 23.2. The Morgan fingerprint density at radius 2 is 1.52 bits per heavy atom. The molecular formula is C35H44N4O5. The molecule has 3 aromatic rings. The van der Waals surface area contributed by atoms with E-state index in [1.54, 1.807) is 6.92 Å². The summed E-state index contributed by atoms with van der Waals surface area (Å²) in [5.74, 6) is 0.0341. The van der Waals surface area contributed by atoms with E-state index in [1.807, 2.05) is 92.7 Å². The van der Waals surface area contributed by atoms with Crippen LogP contribution in [0.2, 0.25) is 0 Å². The first kappa shape index (κ1) is 32.5.